The first kappa shape index (κ1) is 29.5. The monoisotopic (exact) mass is 619 g/mol. The molecule has 2 aliphatic carbocycles. The zero-order valence-corrected chi connectivity index (χ0v) is 25.0. The molecule has 0 bridgehead atoms. The lowest BCUT2D eigenvalue weighted by atomic mass is 9.79. The van der Waals surface area contributed by atoms with Crippen molar-refractivity contribution in [2.45, 2.75) is 76.9 Å². The summed E-state index contributed by atoms with van der Waals surface area (Å²) in [4.78, 5) is 56.0. The van der Waals surface area contributed by atoms with Gasteiger partial charge in [0, 0.05) is 28.5 Å². The normalized spacial score (nSPS) is 24.3. The molecule has 0 saturated heterocycles. The molecule has 236 valence electrons. The largest absolute Gasteiger partial charge is 0.458 e. The molecule has 4 aliphatic rings. The summed E-state index contributed by atoms with van der Waals surface area (Å²) in [7, 11) is 0. The number of aromatic nitrogens is 2. The van der Waals surface area contributed by atoms with Gasteiger partial charge in [0.05, 0.1) is 47.7 Å². The van der Waals surface area contributed by atoms with Gasteiger partial charge in [-0.25, -0.2) is 14.2 Å². The van der Waals surface area contributed by atoms with Gasteiger partial charge in [0.2, 0.25) is 11.8 Å². The van der Waals surface area contributed by atoms with E-state index in [2.05, 4.69) is 10.6 Å². The summed E-state index contributed by atoms with van der Waals surface area (Å²) in [5.74, 6) is -1.91. The van der Waals surface area contributed by atoms with E-state index in [1.54, 1.807) is 24.5 Å². The molecule has 7 rings (SSSR count). The molecule has 0 spiro atoms. The van der Waals surface area contributed by atoms with E-state index in [0.29, 0.717) is 48.2 Å². The van der Waals surface area contributed by atoms with Crippen molar-refractivity contribution in [1.82, 2.24) is 20.2 Å². The number of amides is 2. The molecule has 0 radical (unpaired) electrons. The van der Waals surface area contributed by atoms with Crippen LogP contribution in [-0.2, 0) is 49.0 Å². The fourth-order valence-electron chi connectivity index (χ4n) is 7.22. The van der Waals surface area contributed by atoms with Crippen molar-refractivity contribution < 1.29 is 33.4 Å². The predicted octanol–water partition coefficient (Wildman–Crippen LogP) is 1.46. The van der Waals surface area contributed by atoms with Crippen molar-refractivity contribution in [3.8, 4) is 11.4 Å². The van der Waals surface area contributed by atoms with Gasteiger partial charge >= 0.3 is 5.97 Å². The number of benzene rings is 1. The molecule has 4 heterocycles. The van der Waals surface area contributed by atoms with Gasteiger partial charge in [0.1, 0.15) is 19.2 Å². The number of aryl methyl sites for hydroxylation is 1. The smallest absolute Gasteiger partial charge is 0.343 e. The topological polar surface area (TPSA) is 175 Å². The highest BCUT2D eigenvalue weighted by Gasteiger charge is 2.46. The molecule has 1 saturated carbocycles. The third-order valence-corrected chi connectivity index (χ3v) is 9.93. The SMILES string of the molecule is CC[C@@]1(O)C(=O)OCc2c1cc1n(c2=O)Cc2c-1nc1cc(F)c(C)c3c1c2[C@@H](NC(=O)[C@H]1C[C@H](OCNC(=O)CN)C1)CC3. The molecule has 2 aliphatic heterocycles. The average Bonchev–Trinajstić information content (AvgIpc) is 3.38. The van der Waals surface area contributed by atoms with Gasteiger partial charge in [-0.15, -0.1) is 0 Å². The fourth-order valence-corrected chi connectivity index (χ4v) is 7.22. The van der Waals surface area contributed by atoms with Crippen molar-refractivity contribution in [2.24, 2.45) is 11.7 Å². The number of hydrogen-bond donors (Lipinski definition) is 4. The first-order chi connectivity index (χ1) is 21.5. The third kappa shape index (κ3) is 4.47. The second-order valence-corrected chi connectivity index (χ2v) is 12.3. The van der Waals surface area contributed by atoms with Crippen LogP contribution in [0.3, 0.4) is 0 Å². The number of nitrogens with one attached hydrogen (secondary N) is 2. The first-order valence-electron chi connectivity index (χ1n) is 15.3. The van der Waals surface area contributed by atoms with Crippen LogP contribution in [0.15, 0.2) is 16.9 Å². The molecule has 0 unspecified atom stereocenters. The second-order valence-electron chi connectivity index (χ2n) is 12.3. The Hall–Kier alpha value is -4.20. The van der Waals surface area contributed by atoms with E-state index in [1.165, 1.54) is 6.07 Å². The van der Waals surface area contributed by atoms with Crippen LogP contribution in [0.2, 0.25) is 0 Å². The van der Waals surface area contributed by atoms with Crippen molar-refractivity contribution in [2.75, 3.05) is 13.3 Å². The van der Waals surface area contributed by atoms with Gasteiger partial charge in [-0.05, 0) is 61.8 Å². The Bertz CT molecular complexity index is 1870. The van der Waals surface area contributed by atoms with Crippen LogP contribution in [0.1, 0.15) is 72.0 Å². The summed E-state index contributed by atoms with van der Waals surface area (Å²) in [6, 6.07) is 2.61. The molecule has 13 heteroatoms. The van der Waals surface area contributed by atoms with Crippen LogP contribution < -0.4 is 21.9 Å². The van der Waals surface area contributed by atoms with Gasteiger partial charge in [-0.2, -0.15) is 0 Å². The van der Waals surface area contributed by atoms with Crippen molar-refractivity contribution in [3.63, 3.8) is 0 Å². The van der Waals surface area contributed by atoms with Gasteiger partial charge < -0.3 is 35.5 Å². The minimum Gasteiger partial charge on any atom is -0.458 e. The number of halogens is 1. The lowest BCUT2D eigenvalue weighted by Gasteiger charge is -2.36. The standard InChI is InChI=1S/C32H34FN5O7/c1-3-32(43)20-8-24-28-18(11-38(24)30(41)19(20)12-44-31(32)42)27-22(5-4-17-14(2)21(33)9-23(36-28)26(17)27)37-29(40)15-6-16(7-15)45-13-35-25(39)10-34/h8-9,15-16,22,43H,3-7,10-13,34H2,1-2H3,(H,35,39)(H,37,40)/t15-,16-,22-,32-/m0/s1. The van der Waals surface area contributed by atoms with E-state index < -0.39 is 23.2 Å². The highest BCUT2D eigenvalue weighted by atomic mass is 19.1. The summed E-state index contributed by atoms with van der Waals surface area (Å²) in [6.07, 6.45) is 1.96. The van der Waals surface area contributed by atoms with Gasteiger partial charge in [0.15, 0.2) is 5.60 Å². The molecule has 12 nitrogen and oxygen atoms in total. The molecular weight excluding hydrogens is 585 g/mol. The highest BCUT2D eigenvalue weighted by Crippen LogP contribution is 2.46. The van der Waals surface area contributed by atoms with Gasteiger partial charge in [-0.3, -0.25) is 14.4 Å². The Morgan fingerprint density at radius 1 is 1.24 bits per heavy atom. The minimum absolute atomic E-state index is 0.0162. The Morgan fingerprint density at radius 3 is 2.76 bits per heavy atom. The number of rotatable bonds is 7. The Kier molecular flexibility index (Phi) is 7.02. The second kappa shape index (κ2) is 10.7. The number of carbonyl (C=O) groups excluding carboxylic acids is 3. The van der Waals surface area contributed by atoms with Crippen molar-refractivity contribution in [1.29, 1.82) is 0 Å². The van der Waals surface area contributed by atoms with Crippen molar-refractivity contribution >= 4 is 28.7 Å². The fraction of sp³-hybridized carbons (Fsp3) is 0.469. The minimum atomic E-state index is -1.97. The molecule has 5 N–H and O–H groups in total. The predicted molar refractivity (Wildman–Crippen MR) is 158 cm³/mol. The van der Waals surface area contributed by atoms with E-state index in [0.717, 1.165) is 22.1 Å². The number of hydrogen-bond acceptors (Lipinski definition) is 9. The lowest BCUT2D eigenvalue weighted by molar-refractivity contribution is -0.172. The van der Waals surface area contributed by atoms with Gasteiger partial charge in [0.25, 0.3) is 5.56 Å². The Labute approximate surface area is 257 Å². The van der Waals surface area contributed by atoms with Gasteiger partial charge in [-0.1, -0.05) is 6.92 Å². The van der Waals surface area contributed by atoms with Crippen LogP contribution in [0, 0.1) is 18.7 Å². The van der Waals surface area contributed by atoms with Crippen LogP contribution in [-0.4, -0.2) is 51.8 Å². The molecule has 1 aromatic carbocycles. The highest BCUT2D eigenvalue weighted by molar-refractivity contribution is 5.94. The molecule has 2 atom stereocenters. The number of nitrogens with two attached hydrogens (primary N) is 1. The third-order valence-electron chi connectivity index (χ3n) is 9.93. The van der Waals surface area contributed by atoms with Crippen molar-refractivity contribution in [3.05, 3.63) is 61.7 Å². The maximum Gasteiger partial charge on any atom is 0.343 e. The number of fused-ring (bicyclic) bond motifs is 5. The zero-order valence-electron chi connectivity index (χ0n) is 25.0. The Balaban J connectivity index is 1.26. The average molecular weight is 620 g/mol. The number of ether oxygens (including phenoxy) is 2. The van der Waals surface area contributed by atoms with E-state index >= 15 is 4.39 Å². The van der Waals surface area contributed by atoms with E-state index in [4.69, 9.17) is 20.2 Å². The van der Waals surface area contributed by atoms with Crippen LogP contribution >= 0.6 is 0 Å². The number of pyridine rings is 2. The molecular formula is C32H34FN5O7. The molecule has 3 aromatic rings. The Morgan fingerprint density at radius 2 is 2.02 bits per heavy atom. The maximum absolute atomic E-state index is 15.1. The molecule has 1 fully saturated rings. The number of aliphatic hydroxyl groups is 1. The maximum atomic E-state index is 15.1. The number of carbonyl (C=O) groups is 3. The quantitative estimate of drug-likeness (QED) is 0.176. The molecule has 2 aromatic heterocycles. The summed E-state index contributed by atoms with van der Waals surface area (Å²) in [6.45, 7) is 3.21. The van der Waals surface area contributed by atoms with E-state index in [9.17, 15) is 24.3 Å². The van der Waals surface area contributed by atoms with Crippen LogP contribution in [0.5, 0.6) is 0 Å². The first-order valence-corrected chi connectivity index (χ1v) is 15.3. The zero-order chi connectivity index (χ0) is 31.8. The number of esters is 1. The number of nitrogens with zero attached hydrogens (tertiary/aromatic N) is 2. The summed E-state index contributed by atoms with van der Waals surface area (Å²) < 4.78 is 27.5. The summed E-state index contributed by atoms with van der Waals surface area (Å²) in [5.41, 5.74) is 7.56. The summed E-state index contributed by atoms with van der Waals surface area (Å²) in [5, 5.41) is 17.8. The van der Waals surface area contributed by atoms with E-state index in [-0.39, 0.29) is 73.6 Å². The van der Waals surface area contributed by atoms with E-state index in [1.807, 2.05) is 0 Å². The van der Waals surface area contributed by atoms with Crippen LogP contribution in [0.4, 0.5) is 4.39 Å². The lowest BCUT2D eigenvalue weighted by Crippen LogP contribution is -2.45. The summed E-state index contributed by atoms with van der Waals surface area (Å²) >= 11 is 0. The molecule has 2 amide bonds. The van der Waals surface area contributed by atoms with Crippen LogP contribution in [0.25, 0.3) is 22.3 Å². The number of cyclic esters (lactones) is 1. The molecule has 45 heavy (non-hydrogen) atoms.